The lowest BCUT2D eigenvalue weighted by Gasteiger charge is -2.37. The van der Waals surface area contributed by atoms with Crippen molar-refractivity contribution in [2.75, 3.05) is 54.9 Å². The molecule has 0 aliphatic carbocycles. The van der Waals surface area contributed by atoms with E-state index in [4.69, 9.17) is 9.47 Å². The van der Waals surface area contributed by atoms with Gasteiger partial charge in [0.15, 0.2) is 6.61 Å². The number of rotatable bonds is 10. The molecule has 1 unspecified atom stereocenters. The maximum Gasteiger partial charge on any atom is 0.340 e. The molecule has 1 amide bonds. The Bertz CT molecular complexity index is 1520. The third-order valence-electron chi connectivity index (χ3n) is 8.66. The maximum atomic E-state index is 14.6. The van der Waals surface area contributed by atoms with E-state index in [2.05, 4.69) is 9.80 Å². The molecule has 0 bridgehead atoms. The van der Waals surface area contributed by atoms with Gasteiger partial charge in [-0.05, 0) is 66.9 Å². The van der Waals surface area contributed by atoms with Gasteiger partial charge in [0.1, 0.15) is 23.0 Å². The molecule has 13 heteroatoms. The molecule has 0 radical (unpaired) electrons. The summed E-state index contributed by atoms with van der Waals surface area (Å²) >= 11 is 1.39. The molecule has 3 fully saturated rings. The minimum atomic E-state index is -4.21. The van der Waals surface area contributed by atoms with Crippen LogP contribution in [0.2, 0.25) is 0 Å². The van der Waals surface area contributed by atoms with Gasteiger partial charge in [0.25, 0.3) is 0 Å². The Morgan fingerprint density at radius 1 is 0.956 bits per heavy atom. The van der Waals surface area contributed by atoms with E-state index < -0.39 is 42.2 Å². The monoisotopic (exact) mass is 651 g/mol. The van der Waals surface area contributed by atoms with Crippen LogP contribution in [-0.4, -0.2) is 73.7 Å². The van der Waals surface area contributed by atoms with Crippen molar-refractivity contribution in [1.29, 1.82) is 0 Å². The molecule has 3 atom stereocenters. The number of hydrogen-bond acceptors (Lipinski definition) is 6. The molecule has 0 saturated carbocycles. The van der Waals surface area contributed by atoms with Crippen LogP contribution in [0.1, 0.15) is 24.0 Å². The van der Waals surface area contributed by atoms with Gasteiger partial charge in [0.05, 0.1) is 18.6 Å². The maximum absolute atomic E-state index is 14.6. The molecule has 0 N–H and O–H groups in total. The molecule has 45 heavy (non-hydrogen) atoms. The molecule has 3 aromatic rings. The third kappa shape index (κ3) is 6.29. The first-order valence-electron chi connectivity index (χ1n) is 14.5. The molecule has 0 aromatic heterocycles. The summed E-state index contributed by atoms with van der Waals surface area (Å²) in [4.78, 5) is 17.9. The Morgan fingerprint density at radius 3 is 2.07 bits per heavy atom. The zero-order valence-electron chi connectivity index (χ0n) is 24.3. The van der Waals surface area contributed by atoms with Gasteiger partial charge < -0.3 is 19.3 Å². The number of amides is 1. The van der Waals surface area contributed by atoms with E-state index in [9.17, 15) is 31.1 Å². The van der Waals surface area contributed by atoms with Crippen molar-refractivity contribution >= 4 is 29.2 Å². The molecule has 3 heterocycles. The fraction of sp³-hybridized carbons (Fsp3) is 0.406. The zero-order valence-corrected chi connectivity index (χ0v) is 25.1. The molecule has 6 rings (SSSR count). The van der Waals surface area contributed by atoms with Gasteiger partial charge in [0, 0.05) is 54.9 Å². The molecule has 3 saturated heterocycles. The highest BCUT2D eigenvalue weighted by Crippen LogP contribution is 2.49. The first-order chi connectivity index (χ1) is 21.5. The predicted octanol–water partition coefficient (Wildman–Crippen LogP) is 6.46. The number of carbonyl (C=O) groups is 1. The molecule has 6 nitrogen and oxygen atoms in total. The topological polar surface area (TPSA) is 48.6 Å². The Morgan fingerprint density at radius 2 is 1.53 bits per heavy atom. The fourth-order valence-electron chi connectivity index (χ4n) is 5.84. The van der Waals surface area contributed by atoms with Crippen LogP contribution in [0.15, 0.2) is 66.7 Å². The lowest BCUT2D eigenvalue weighted by atomic mass is 9.91. The van der Waals surface area contributed by atoms with E-state index in [0.717, 1.165) is 36.1 Å². The largest absolute Gasteiger partial charge is 0.487 e. The highest BCUT2D eigenvalue weighted by Gasteiger charge is 2.57. The van der Waals surface area contributed by atoms with Gasteiger partial charge in [-0.15, -0.1) is 0 Å². The second kappa shape index (κ2) is 12.3. The third-order valence-corrected chi connectivity index (χ3v) is 9.91. The smallest absolute Gasteiger partial charge is 0.340 e. The summed E-state index contributed by atoms with van der Waals surface area (Å²) in [5.41, 5.74) is 2.03. The SMILES string of the molecule is C[C@@H](N1SCC(c2ccc(N3CCN(c4ccc(OCC(F)(F)C(F)F)cc4)CC3)cc2)C1=O)[C@]1(c2ccc(F)cc2F)CO1. The number of piperazine rings is 1. The standard InChI is InChI=1S/C32H31F6N3O3S/c1-20(31(18-44-31)27-11-4-22(33)16-28(27)34)41-29(42)26(17-45-41)21-2-5-23(6-3-21)39-12-14-40(15-13-39)24-7-9-25(10-8-24)43-19-32(37,38)30(35)36/h2-11,16,20,26,30H,12-15,17-19H2,1H3/t20-,26?,31+/m1/s1. The second-order valence-electron chi connectivity index (χ2n) is 11.4. The van der Waals surface area contributed by atoms with Crippen LogP contribution in [0.4, 0.5) is 37.7 Å². The van der Waals surface area contributed by atoms with E-state index in [0.29, 0.717) is 18.8 Å². The van der Waals surface area contributed by atoms with Crippen molar-refractivity contribution in [3.05, 3.63) is 89.5 Å². The normalized spacial score (nSPS) is 22.7. The zero-order chi connectivity index (χ0) is 31.9. The van der Waals surface area contributed by atoms with Gasteiger partial charge in [0.2, 0.25) is 5.91 Å². The summed E-state index contributed by atoms with van der Waals surface area (Å²) in [6.07, 6.45) is -3.79. The summed E-state index contributed by atoms with van der Waals surface area (Å²) in [5.74, 6) is -5.36. The number of hydrogen-bond donors (Lipinski definition) is 0. The van der Waals surface area contributed by atoms with Crippen LogP contribution in [0.25, 0.3) is 0 Å². The minimum Gasteiger partial charge on any atom is -0.487 e. The number of benzene rings is 3. The first kappa shape index (κ1) is 31.4. The molecule has 3 aromatic carbocycles. The fourth-order valence-corrected chi connectivity index (χ4v) is 7.14. The number of epoxide rings is 1. The summed E-state index contributed by atoms with van der Waals surface area (Å²) in [6, 6.07) is 17.3. The van der Waals surface area contributed by atoms with Crippen LogP contribution in [-0.2, 0) is 15.1 Å². The number of halogens is 6. The van der Waals surface area contributed by atoms with E-state index >= 15 is 0 Å². The number of nitrogens with zero attached hydrogens (tertiary/aromatic N) is 3. The highest BCUT2D eigenvalue weighted by molar-refractivity contribution is 7.98. The van der Waals surface area contributed by atoms with E-state index in [1.807, 2.05) is 31.2 Å². The Kier molecular flexibility index (Phi) is 8.59. The highest BCUT2D eigenvalue weighted by atomic mass is 32.2. The Hall–Kier alpha value is -3.58. The molecule has 240 valence electrons. The average molecular weight is 652 g/mol. The van der Waals surface area contributed by atoms with Gasteiger partial charge in [-0.25, -0.2) is 17.6 Å². The van der Waals surface area contributed by atoms with Crippen LogP contribution in [0, 0.1) is 11.6 Å². The van der Waals surface area contributed by atoms with Crippen molar-refractivity contribution in [2.24, 2.45) is 0 Å². The number of anilines is 2. The van der Waals surface area contributed by atoms with Crippen molar-refractivity contribution < 1.29 is 40.6 Å². The quantitative estimate of drug-likeness (QED) is 0.143. The van der Waals surface area contributed by atoms with Crippen molar-refractivity contribution in [2.45, 2.75) is 36.8 Å². The average Bonchev–Trinajstić information content (AvgIpc) is 3.75. The summed E-state index contributed by atoms with van der Waals surface area (Å²) < 4.78 is 91.2. The lowest BCUT2D eigenvalue weighted by molar-refractivity contribution is -0.148. The molecule has 3 aliphatic heterocycles. The summed E-state index contributed by atoms with van der Waals surface area (Å²) in [7, 11) is 0. The van der Waals surface area contributed by atoms with E-state index in [1.54, 1.807) is 16.4 Å². The summed E-state index contributed by atoms with van der Waals surface area (Å²) in [6.45, 7) is 3.54. The van der Waals surface area contributed by atoms with Crippen LogP contribution >= 0.6 is 11.9 Å². The van der Waals surface area contributed by atoms with Crippen LogP contribution in [0.5, 0.6) is 5.75 Å². The molecule has 3 aliphatic rings. The van der Waals surface area contributed by atoms with E-state index in [1.165, 1.54) is 36.2 Å². The number of alkyl halides is 4. The lowest BCUT2D eigenvalue weighted by Crippen LogP contribution is -2.46. The Balaban J connectivity index is 1.03. The molecule has 0 spiro atoms. The van der Waals surface area contributed by atoms with Crippen molar-refractivity contribution in [3.63, 3.8) is 0 Å². The van der Waals surface area contributed by atoms with Crippen LogP contribution < -0.4 is 14.5 Å². The second-order valence-corrected chi connectivity index (χ2v) is 12.4. The number of carbonyl (C=O) groups excluding carboxylic acids is 1. The van der Waals surface area contributed by atoms with Gasteiger partial charge in [-0.1, -0.05) is 18.2 Å². The van der Waals surface area contributed by atoms with Gasteiger partial charge >= 0.3 is 12.3 Å². The van der Waals surface area contributed by atoms with Crippen LogP contribution in [0.3, 0.4) is 0 Å². The predicted molar refractivity (Wildman–Crippen MR) is 159 cm³/mol. The van der Waals surface area contributed by atoms with Crippen molar-refractivity contribution in [1.82, 2.24) is 4.31 Å². The van der Waals surface area contributed by atoms with Gasteiger partial charge in [-0.2, -0.15) is 8.78 Å². The number of ether oxygens (including phenoxy) is 2. The molecular weight excluding hydrogens is 620 g/mol. The Labute approximate surface area is 261 Å². The molecular formula is C32H31F6N3O3S. The van der Waals surface area contributed by atoms with E-state index in [-0.39, 0.29) is 29.7 Å². The van der Waals surface area contributed by atoms with Crippen molar-refractivity contribution in [3.8, 4) is 5.75 Å². The van der Waals surface area contributed by atoms with Gasteiger partial charge in [-0.3, -0.25) is 9.10 Å². The first-order valence-corrected chi connectivity index (χ1v) is 15.5. The minimum absolute atomic E-state index is 0.0783. The summed E-state index contributed by atoms with van der Waals surface area (Å²) in [5, 5.41) is 0.